The minimum Gasteiger partial charge on any atom is -0.357 e. The Balaban J connectivity index is 1.31. The number of guanidine groups is 1. The average Bonchev–Trinajstić information content (AvgIpc) is 3.56. The van der Waals surface area contributed by atoms with Crippen molar-refractivity contribution in [2.45, 2.75) is 50.6 Å². The van der Waals surface area contributed by atoms with Crippen molar-refractivity contribution in [3.05, 3.63) is 65.7 Å². The first-order chi connectivity index (χ1) is 14.7. The van der Waals surface area contributed by atoms with Crippen LogP contribution in [0.1, 0.15) is 43.9 Å². The maximum atomic E-state index is 14.3. The molecule has 6 heteroatoms. The van der Waals surface area contributed by atoms with Crippen LogP contribution in [0, 0.1) is 5.82 Å². The second-order valence-corrected chi connectivity index (χ2v) is 8.47. The SMILES string of the molecule is CCNC(=NCC1(c2ccccc2F)CC1)NC1CCN(Cc2ccccn2)CC1. The van der Waals surface area contributed by atoms with Crippen molar-refractivity contribution in [2.75, 3.05) is 26.2 Å². The van der Waals surface area contributed by atoms with Crippen molar-refractivity contribution < 1.29 is 4.39 Å². The first-order valence-corrected chi connectivity index (χ1v) is 11.1. The third-order valence-electron chi connectivity index (χ3n) is 6.22. The van der Waals surface area contributed by atoms with Crippen LogP contribution in [0.4, 0.5) is 4.39 Å². The highest BCUT2D eigenvalue weighted by Gasteiger charge is 2.45. The van der Waals surface area contributed by atoms with E-state index >= 15 is 0 Å². The van der Waals surface area contributed by atoms with Gasteiger partial charge in [-0.2, -0.15) is 0 Å². The Hall–Kier alpha value is -2.47. The van der Waals surface area contributed by atoms with Gasteiger partial charge >= 0.3 is 0 Å². The van der Waals surface area contributed by atoms with Gasteiger partial charge in [0.05, 0.1) is 12.2 Å². The number of halogens is 1. The largest absolute Gasteiger partial charge is 0.357 e. The lowest BCUT2D eigenvalue weighted by Crippen LogP contribution is -2.48. The van der Waals surface area contributed by atoms with E-state index < -0.39 is 0 Å². The fourth-order valence-corrected chi connectivity index (χ4v) is 4.25. The number of aliphatic imine (C=N–C) groups is 1. The van der Waals surface area contributed by atoms with Crippen LogP contribution >= 0.6 is 0 Å². The van der Waals surface area contributed by atoms with Gasteiger partial charge in [0, 0.05) is 43.8 Å². The minimum absolute atomic E-state index is 0.108. The van der Waals surface area contributed by atoms with Crippen molar-refractivity contribution in [3.8, 4) is 0 Å². The monoisotopic (exact) mass is 409 g/mol. The smallest absolute Gasteiger partial charge is 0.191 e. The molecule has 0 bridgehead atoms. The van der Waals surface area contributed by atoms with Crippen LogP contribution in [0.15, 0.2) is 53.7 Å². The summed E-state index contributed by atoms with van der Waals surface area (Å²) in [6.45, 7) is 6.53. The summed E-state index contributed by atoms with van der Waals surface area (Å²) in [5.74, 6) is 0.742. The van der Waals surface area contributed by atoms with Crippen LogP contribution in [0.3, 0.4) is 0 Å². The van der Waals surface area contributed by atoms with Crippen LogP contribution in [0.5, 0.6) is 0 Å². The highest BCUT2D eigenvalue weighted by Crippen LogP contribution is 2.49. The predicted octanol–water partition coefficient (Wildman–Crippen LogP) is 3.47. The van der Waals surface area contributed by atoms with E-state index in [0.29, 0.717) is 12.6 Å². The molecule has 0 atom stereocenters. The third-order valence-corrected chi connectivity index (χ3v) is 6.22. The van der Waals surface area contributed by atoms with Crippen molar-refractivity contribution in [1.82, 2.24) is 20.5 Å². The number of rotatable bonds is 7. The Morgan fingerprint density at radius 3 is 2.60 bits per heavy atom. The van der Waals surface area contributed by atoms with Crippen molar-refractivity contribution >= 4 is 5.96 Å². The van der Waals surface area contributed by atoms with Gasteiger partial charge in [-0.3, -0.25) is 14.9 Å². The van der Waals surface area contributed by atoms with Gasteiger partial charge < -0.3 is 10.6 Å². The molecular formula is C24H32FN5. The van der Waals surface area contributed by atoms with E-state index in [4.69, 9.17) is 4.99 Å². The number of hydrogen-bond donors (Lipinski definition) is 2. The van der Waals surface area contributed by atoms with Crippen LogP contribution in [0.25, 0.3) is 0 Å². The minimum atomic E-state index is -0.125. The Bertz CT molecular complexity index is 842. The van der Waals surface area contributed by atoms with Gasteiger partial charge in [-0.25, -0.2) is 4.39 Å². The first kappa shape index (κ1) is 20.8. The summed E-state index contributed by atoms with van der Waals surface area (Å²) in [7, 11) is 0. The lowest BCUT2D eigenvalue weighted by Gasteiger charge is -2.33. The van der Waals surface area contributed by atoms with Gasteiger partial charge in [0.1, 0.15) is 5.82 Å². The molecule has 2 heterocycles. The fraction of sp³-hybridized carbons (Fsp3) is 0.500. The molecule has 2 aromatic rings. The summed E-state index contributed by atoms with van der Waals surface area (Å²) in [6, 6.07) is 13.6. The number of benzene rings is 1. The Morgan fingerprint density at radius 2 is 1.93 bits per heavy atom. The molecule has 30 heavy (non-hydrogen) atoms. The summed E-state index contributed by atoms with van der Waals surface area (Å²) in [5, 5.41) is 6.98. The van der Waals surface area contributed by atoms with E-state index in [9.17, 15) is 4.39 Å². The molecule has 160 valence electrons. The number of aromatic nitrogens is 1. The van der Waals surface area contributed by atoms with Crippen molar-refractivity contribution in [1.29, 1.82) is 0 Å². The van der Waals surface area contributed by atoms with Crippen LogP contribution in [-0.2, 0) is 12.0 Å². The number of likely N-dealkylation sites (tertiary alicyclic amines) is 1. The number of hydrogen-bond acceptors (Lipinski definition) is 3. The van der Waals surface area contributed by atoms with E-state index in [1.165, 1.54) is 0 Å². The predicted molar refractivity (Wildman–Crippen MR) is 119 cm³/mol. The fourth-order valence-electron chi connectivity index (χ4n) is 4.25. The molecule has 1 aliphatic carbocycles. The van der Waals surface area contributed by atoms with E-state index in [2.05, 4.69) is 33.5 Å². The van der Waals surface area contributed by atoms with Gasteiger partial charge in [0.2, 0.25) is 0 Å². The van der Waals surface area contributed by atoms with E-state index in [1.54, 1.807) is 12.1 Å². The van der Waals surface area contributed by atoms with Crippen molar-refractivity contribution in [2.24, 2.45) is 4.99 Å². The average molecular weight is 410 g/mol. The van der Waals surface area contributed by atoms with E-state index in [-0.39, 0.29) is 11.2 Å². The lowest BCUT2D eigenvalue weighted by molar-refractivity contribution is 0.196. The first-order valence-electron chi connectivity index (χ1n) is 11.1. The third kappa shape index (κ3) is 5.17. The summed E-state index contributed by atoms with van der Waals surface area (Å²) in [4.78, 5) is 11.7. The second kappa shape index (κ2) is 9.56. The van der Waals surface area contributed by atoms with Crippen LogP contribution in [-0.4, -0.2) is 48.1 Å². The van der Waals surface area contributed by atoms with Crippen molar-refractivity contribution in [3.63, 3.8) is 0 Å². The molecule has 2 fully saturated rings. The van der Waals surface area contributed by atoms with Gasteiger partial charge in [-0.05, 0) is 56.4 Å². The quantitative estimate of drug-likeness (QED) is 0.543. The van der Waals surface area contributed by atoms with Crippen LogP contribution in [0.2, 0.25) is 0 Å². The summed E-state index contributed by atoms with van der Waals surface area (Å²) >= 11 is 0. The summed E-state index contributed by atoms with van der Waals surface area (Å²) < 4.78 is 14.3. The zero-order valence-electron chi connectivity index (χ0n) is 17.8. The maximum absolute atomic E-state index is 14.3. The van der Waals surface area contributed by atoms with Gasteiger partial charge in [-0.1, -0.05) is 24.3 Å². The zero-order valence-corrected chi connectivity index (χ0v) is 17.8. The molecule has 0 radical (unpaired) electrons. The molecule has 1 aromatic heterocycles. The molecular weight excluding hydrogens is 377 g/mol. The standard InChI is InChI=1S/C24H32FN5/c1-2-26-23(28-18-24(12-13-24)21-8-3-4-9-22(21)25)29-19-10-15-30(16-11-19)17-20-7-5-6-14-27-20/h3-9,14,19H,2,10-13,15-18H2,1H3,(H2,26,28,29). The normalized spacial score (nSPS) is 19.5. The molecule has 1 aliphatic heterocycles. The molecule has 1 aromatic carbocycles. The van der Waals surface area contributed by atoms with Crippen LogP contribution < -0.4 is 10.6 Å². The zero-order chi connectivity index (χ0) is 20.8. The van der Waals surface area contributed by atoms with E-state index in [1.807, 2.05) is 30.5 Å². The summed E-state index contributed by atoms with van der Waals surface area (Å²) in [5.41, 5.74) is 1.81. The van der Waals surface area contributed by atoms with E-state index in [0.717, 1.165) is 69.1 Å². The highest BCUT2D eigenvalue weighted by molar-refractivity contribution is 5.80. The molecule has 2 N–H and O–H groups in total. The summed E-state index contributed by atoms with van der Waals surface area (Å²) in [6.07, 6.45) is 6.02. The molecule has 0 spiro atoms. The Morgan fingerprint density at radius 1 is 1.17 bits per heavy atom. The van der Waals surface area contributed by atoms with Gasteiger partial charge in [0.25, 0.3) is 0 Å². The van der Waals surface area contributed by atoms with Gasteiger partial charge in [0.15, 0.2) is 5.96 Å². The maximum Gasteiger partial charge on any atom is 0.191 e. The molecule has 2 aliphatic rings. The topological polar surface area (TPSA) is 52.6 Å². The number of piperidine rings is 1. The highest BCUT2D eigenvalue weighted by atomic mass is 19.1. The lowest BCUT2D eigenvalue weighted by atomic mass is 9.95. The molecule has 4 rings (SSSR count). The molecule has 1 saturated carbocycles. The molecule has 0 amide bonds. The molecule has 5 nitrogen and oxygen atoms in total. The number of nitrogens with zero attached hydrogens (tertiary/aromatic N) is 3. The second-order valence-electron chi connectivity index (χ2n) is 8.47. The molecule has 1 saturated heterocycles. The number of nitrogens with one attached hydrogen (secondary N) is 2. The number of pyridine rings is 1. The van der Waals surface area contributed by atoms with Gasteiger partial charge in [-0.15, -0.1) is 0 Å². The Labute approximate surface area is 178 Å². The molecule has 0 unspecified atom stereocenters. The Kier molecular flexibility index (Phi) is 6.62.